The fourth-order valence-corrected chi connectivity index (χ4v) is 3.83. The third-order valence-corrected chi connectivity index (χ3v) is 4.87. The summed E-state index contributed by atoms with van der Waals surface area (Å²) in [7, 11) is 0. The van der Waals surface area contributed by atoms with Crippen LogP contribution in [0.15, 0.2) is 42.5 Å². The monoisotopic (exact) mass is 300 g/mol. The molecular weight excluding hydrogens is 280 g/mol. The van der Waals surface area contributed by atoms with Crippen molar-refractivity contribution in [1.29, 1.82) is 0 Å². The summed E-state index contributed by atoms with van der Waals surface area (Å²) in [5, 5.41) is 10.5. The van der Waals surface area contributed by atoms with E-state index in [2.05, 4.69) is 12.1 Å². The summed E-state index contributed by atoms with van der Waals surface area (Å²) in [5.74, 6) is 0.550. The zero-order chi connectivity index (χ0) is 14.7. The Balaban J connectivity index is 2.12. The molecule has 2 aromatic carbocycles. The first kappa shape index (κ1) is 14.6. The molecule has 0 spiro atoms. The summed E-state index contributed by atoms with van der Waals surface area (Å²) in [5.41, 5.74) is 4.55. The van der Waals surface area contributed by atoms with Gasteiger partial charge < -0.3 is 5.11 Å². The summed E-state index contributed by atoms with van der Waals surface area (Å²) in [6.07, 6.45) is 6.35. The molecule has 0 atom stereocenters. The topological polar surface area (TPSA) is 20.2 Å². The van der Waals surface area contributed by atoms with Crippen LogP contribution in [-0.4, -0.2) is 5.11 Å². The predicted octanol–water partition coefficient (Wildman–Crippen LogP) is 5.55. The van der Waals surface area contributed by atoms with Crippen LogP contribution in [0.4, 0.5) is 0 Å². The standard InChI is InChI=1S/C19H21ClO/c20-18-12-6-11-17(16-10-5-4-9-15(16)13-21)19(18)14-7-2-1-3-8-14/h4-6,9-12,14,21H,1-3,7-8,13H2. The summed E-state index contributed by atoms with van der Waals surface area (Å²) >= 11 is 6.55. The largest absolute Gasteiger partial charge is 0.392 e. The van der Waals surface area contributed by atoms with E-state index >= 15 is 0 Å². The number of hydrogen-bond acceptors (Lipinski definition) is 1. The first-order valence-corrected chi connectivity index (χ1v) is 8.16. The summed E-state index contributed by atoms with van der Waals surface area (Å²) in [6, 6.07) is 14.2. The van der Waals surface area contributed by atoms with Crippen LogP contribution in [0.1, 0.15) is 49.1 Å². The van der Waals surface area contributed by atoms with Gasteiger partial charge in [0.05, 0.1) is 6.61 Å². The SMILES string of the molecule is OCc1ccccc1-c1cccc(Cl)c1C1CCCCC1. The molecule has 1 aliphatic carbocycles. The maximum absolute atomic E-state index is 9.62. The Morgan fingerprint density at radius 3 is 2.38 bits per heavy atom. The van der Waals surface area contributed by atoms with E-state index in [1.165, 1.54) is 43.2 Å². The second-order valence-corrected chi connectivity index (χ2v) is 6.26. The summed E-state index contributed by atoms with van der Waals surface area (Å²) in [4.78, 5) is 0. The fraction of sp³-hybridized carbons (Fsp3) is 0.368. The second kappa shape index (κ2) is 6.64. The molecule has 2 heteroatoms. The molecule has 1 aliphatic rings. The Hall–Kier alpha value is -1.31. The van der Waals surface area contributed by atoms with Crippen LogP contribution in [-0.2, 0) is 6.61 Å². The minimum absolute atomic E-state index is 0.0623. The van der Waals surface area contributed by atoms with Crippen LogP contribution in [0.25, 0.3) is 11.1 Å². The maximum atomic E-state index is 9.62. The number of halogens is 1. The molecule has 110 valence electrons. The van der Waals surface area contributed by atoms with Gasteiger partial charge in [0.2, 0.25) is 0 Å². The van der Waals surface area contributed by atoms with Crippen LogP contribution in [0.2, 0.25) is 5.02 Å². The number of rotatable bonds is 3. The Morgan fingerprint density at radius 2 is 1.62 bits per heavy atom. The molecule has 1 N–H and O–H groups in total. The van der Waals surface area contributed by atoms with E-state index in [-0.39, 0.29) is 6.61 Å². The number of hydrogen-bond donors (Lipinski definition) is 1. The lowest BCUT2D eigenvalue weighted by molar-refractivity contribution is 0.282. The first-order valence-electron chi connectivity index (χ1n) is 7.79. The third kappa shape index (κ3) is 3.00. The second-order valence-electron chi connectivity index (χ2n) is 5.85. The van der Waals surface area contributed by atoms with Crippen molar-refractivity contribution >= 4 is 11.6 Å². The first-order chi connectivity index (χ1) is 10.3. The lowest BCUT2D eigenvalue weighted by Crippen LogP contribution is -2.07. The van der Waals surface area contributed by atoms with Gasteiger partial charge in [-0.3, -0.25) is 0 Å². The van der Waals surface area contributed by atoms with Crippen molar-refractivity contribution in [1.82, 2.24) is 0 Å². The zero-order valence-corrected chi connectivity index (χ0v) is 12.9. The lowest BCUT2D eigenvalue weighted by Gasteiger charge is -2.26. The van der Waals surface area contributed by atoms with Gasteiger partial charge in [-0.15, -0.1) is 0 Å². The van der Waals surface area contributed by atoms with Crippen LogP contribution in [0, 0.1) is 0 Å². The summed E-state index contributed by atoms with van der Waals surface area (Å²) in [6.45, 7) is 0.0623. The van der Waals surface area contributed by atoms with E-state index in [0.717, 1.165) is 16.1 Å². The smallest absolute Gasteiger partial charge is 0.0687 e. The van der Waals surface area contributed by atoms with Gasteiger partial charge in [-0.05, 0) is 47.1 Å². The Morgan fingerprint density at radius 1 is 0.905 bits per heavy atom. The van der Waals surface area contributed by atoms with Crippen LogP contribution in [0.3, 0.4) is 0 Å². The van der Waals surface area contributed by atoms with Crippen molar-refractivity contribution in [2.75, 3.05) is 0 Å². The van der Waals surface area contributed by atoms with Gasteiger partial charge in [0, 0.05) is 5.02 Å². The van der Waals surface area contributed by atoms with E-state index in [1.807, 2.05) is 30.3 Å². The molecule has 0 unspecified atom stereocenters. The fourth-order valence-electron chi connectivity index (χ4n) is 3.50. The Labute approximate surface area is 131 Å². The molecule has 1 nitrogen and oxygen atoms in total. The van der Waals surface area contributed by atoms with E-state index in [9.17, 15) is 5.11 Å². The highest BCUT2D eigenvalue weighted by atomic mass is 35.5. The molecule has 3 rings (SSSR count). The molecule has 0 heterocycles. The number of aliphatic hydroxyl groups is 1. The minimum atomic E-state index is 0.0623. The number of benzene rings is 2. The molecular formula is C19H21ClO. The van der Waals surface area contributed by atoms with Crippen LogP contribution in [0.5, 0.6) is 0 Å². The van der Waals surface area contributed by atoms with Gasteiger partial charge in [0.25, 0.3) is 0 Å². The highest BCUT2D eigenvalue weighted by molar-refractivity contribution is 6.31. The number of aliphatic hydroxyl groups excluding tert-OH is 1. The van der Waals surface area contributed by atoms with Crippen molar-refractivity contribution in [3.05, 3.63) is 58.6 Å². The van der Waals surface area contributed by atoms with E-state index in [4.69, 9.17) is 11.6 Å². The van der Waals surface area contributed by atoms with E-state index in [0.29, 0.717) is 5.92 Å². The van der Waals surface area contributed by atoms with E-state index < -0.39 is 0 Å². The van der Waals surface area contributed by atoms with Crippen molar-refractivity contribution in [3.8, 4) is 11.1 Å². The molecule has 0 amide bonds. The quantitative estimate of drug-likeness (QED) is 0.788. The minimum Gasteiger partial charge on any atom is -0.392 e. The average molecular weight is 301 g/mol. The molecule has 0 saturated heterocycles. The Bertz CT molecular complexity index is 615. The highest BCUT2D eigenvalue weighted by Crippen LogP contribution is 2.42. The summed E-state index contributed by atoms with van der Waals surface area (Å²) < 4.78 is 0. The normalized spacial score (nSPS) is 16.1. The molecule has 0 radical (unpaired) electrons. The van der Waals surface area contributed by atoms with Gasteiger partial charge in [0.15, 0.2) is 0 Å². The van der Waals surface area contributed by atoms with Gasteiger partial charge in [-0.2, -0.15) is 0 Å². The third-order valence-electron chi connectivity index (χ3n) is 4.54. The van der Waals surface area contributed by atoms with Crippen molar-refractivity contribution in [2.24, 2.45) is 0 Å². The van der Waals surface area contributed by atoms with E-state index in [1.54, 1.807) is 0 Å². The maximum Gasteiger partial charge on any atom is 0.0687 e. The molecule has 1 saturated carbocycles. The van der Waals surface area contributed by atoms with Crippen LogP contribution < -0.4 is 0 Å². The molecule has 0 aromatic heterocycles. The molecule has 1 fully saturated rings. The van der Waals surface area contributed by atoms with Crippen molar-refractivity contribution in [3.63, 3.8) is 0 Å². The van der Waals surface area contributed by atoms with Gasteiger partial charge in [-0.1, -0.05) is 67.3 Å². The van der Waals surface area contributed by atoms with Crippen LogP contribution >= 0.6 is 11.6 Å². The van der Waals surface area contributed by atoms with Crippen molar-refractivity contribution < 1.29 is 5.11 Å². The Kier molecular flexibility index (Phi) is 4.62. The van der Waals surface area contributed by atoms with Gasteiger partial charge >= 0.3 is 0 Å². The highest BCUT2D eigenvalue weighted by Gasteiger charge is 2.22. The molecule has 2 aromatic rings. The van der Waals surface area contributed by atoms with Crippen molar-refractivity contribution in [2.45, 2.75) is 44.6 Å². The average Bonchev–Trinajstić information content (AvgIpc) is 2.55. The molecule has 0 aliphatic heterocycles. The molecule has 0 bridgehead atoms. The van der Waals surface area contributed by atoms with Gasteiger partial charge in [-0.25, -0.2) is 0 Å². The lowest BCUT2D eigenvalue weighted by atomic mass is 9.80. The zero-order valence-electron chi connectivity index (χ0n) is 12.2. The molecule has 21 heavy (non-hydrogen) atoms. The predicted molar refractivity (Wildman–Crippen MR) is 88.6 cm³/mol. The van der Waals surface area contributed by atoms with Gasteiger partial charge in [0.1, 0.15) is 0 Å².